The first-order valence-electron chi connectivity index (χ1n) is 13.7. The van der Waals surface area contributed by atoms with Gasteiger partial charge in [0.25, 0.3) is 0 Å². The molecule has 5 rings (SSSR count). The molecule has 0 spiro atoms. The summed E-state index contributed by atoms with van der Waals surface area (Å²) in [5.74, 6) is -0.169. The van der Waals surface area contributed by atoms with E-state index in [2.05, 4.69) is 22.4 Å². The van der Waals surface area contributed by atoms with Crippen LogP contribution in [-0.2, 0) is 17.8 Å². The van der Waals surface area contributed by atoms with E-state index >= 15 is 0 Å². The molecule has 0 saturated carbocycles. The largest absolute Gasteiger partial charge is 0.508 e. The summed E-state index contributed by atoms with van der Waals surface area (Å²) in [7, 11) is 0. The standard InChI is InChI=1S/C33H30ClN3O6/c1-19(37-29(17-38)33(40)41)27-12-28(34)32(13-31(27)42-18-21-11-20(14-35)15-36-16-21)43-30-10-9-25-24(3-2-4-26(25)30)22-5-7-23(39)8-6-22/h2-8,11-13,15-16,19,29-30,37-39H,9-10,17-18H2,1H3,(H,40,41)/t19?,29-,30-/m0/s1. The number of nitriles is 1. The molecule has 0 fully saturated rings. The molecule has 0 saturated heterocycles. The number of hydrogen-bond donors (Lipinski definition) is 4. The Morgan fingerprint density at radius 2 is 1.95 bits per heavy atom. The van der Waals surface area contributed by atoms with Gasteiger partial charge >= 0.3 is 5.97 Å². The van der Waals surface area contributed by atoms with E-state index < -0.39 is 24.7 Å². The number of fused-ring (bicyclic) bond motifs is 1. The van der Waals surface area contributed by atoms with Crippen molar-refractivity contribution in [3.05, 3.63) is 106 Å². The smallest absolute Gasteiger partial charge is 0.323 e. The van der Waals surface area contributed by atoms with Crippen molar-refractivity contribution in [3.63, 3.8) is 0 Å². The molecule has 1 unspecified atom stereocenters. The Balaban J connectivity index is 1.45. The number of benzene rings is 3. The normalized spacial score (nSPS) is 15.3. The van der Waals surface area contributed by atoms with Crippen LogP contribution in [-0.4, -0.2) is 38.9 Å². The number of hydrogen-bond acceptors (Lipinski definition) is 8. The lowest BCUT2D eigenvalue weighted by atomic mass is 9.96. The Labute approximate surface area is 253 Å². The van der Waals surface area contributed by atoms with Gasteiger partial charge in [0, 0.05) is 35.6 Å². The highest BCUT2D eigenvalue weighted by Crippen LogP contribution is 2.43. The van der Waals surface area contributed by atoms with Crippen LogP contribution in [0.15, 0.2) is 73.1 Å². The number of aliphatic hydroxyl groups excluding tert-OH is 1. The third-order valence-electron chi connectivity index (χ3n) is 7.44. The number of halogens is 1. The molecule has 4 N–H and O–H groups in total. The van der Waals surface area contributed by atoms with Gasteiger partial charge in [0.15, 0.2) is 0 Å². The van der Waals surface area contributed by atoms with Crippen LogP contribution < -0.4 is 14.8 Å². The molecule has 10 heteroatoms. The number of nitrogens with zero attached hydrogens (tertiary/aromatic N) is 2. The number of carboxylic acids is 1. The molecule has 0 bridgehead atoms. The number of rotatable bonds is 11. The van der Waals surface area contributed by atoms with Crippen molar-refractivity contribution in [1.29, 1.82) is 5.26 Å². The molecule has 3 atom stereocenters. The summed E-state index contributed by atoms with van der Waals surface area (Å²) in [5, 5.41) is 41.1. The molecule has 3 aromatic carbocycles. The lowest BCUT2D eigenvalue weighted by molar-refractivity contribution is -0.140. The number of carboxylic acid groups (broad SMARTS) is 1. The summed E-state index contributed by atoms with van der Waals surface area (Å²) in [5.41, 5.74) is 5.96. The van der Waals surface area contributed by atoms with Crippen molar-refractivity contribution in [3.8, 4) is 34.4 Å². The fourth-order valence-electron chi connectivity index (χ4n) is 5.29. The number of aliphatic hydroxyl groups is 1. The number of carbonyl (C=O) groups is 1. The van der Waals surface area contributed by atoms with Crippen molar-refractivity contribution >= 4 is 17.6 Å². The number of ether oxygens (including phenoxy) is 2. The van der Waals surface area contributed by atoms with Gasteiger partial charge < -0.3 is 24.8 Å². The monoisotopic (exact) mass is 599 g/mol. The third-order valence-corrected chi connectivity index (χ3v) is 7.74. The van der Waals surface area contributed by atoms with E-state index in [4.69, 9.17) is 21.1 Å². The summed E-state index contributed by atoms with van der Waals surface area (Å²) in [6, 6.07) is 18.6. The van der Waals surface area contributed by atoms with Gasteiger partial charge in [-0.05, 0) is 66.3 Å². The molecule has 1 heterocycles. The Bertz CT molecular complexity index is 1670. The van der Waals surface area contributed by atoms with Gasteiger partial charge in [0.1, 0.15) is 42.1 Å². The number of pyridine rings is 1. The SMILES string of the molecule is CC(N[C@@H](CO)C(=O)O)c1cc(Cl)c(O[C@H]2CCc3c(-c4ccc(O)cc4)cccc32)cc1OCc1cncc(C#N)c1. The second-order valence-electron chi connectivity index (χ2n) is 10.3. The van der Waals surface area contributed by atoms with E-state index in [1.165, 1.54) is 11.8 Å². The van der Waals surface area contributed by atoms with Gasteiger partial charge in [-0.2, -0.15) is 5.26 Å². The second-order valence-corrected chi connectivity index (χ2v) is 10.7. The van der Waals surface area contributed by atoms with E-state index in [-0.39, 0.29) is 18.5 Å². The second kappa shape index (κ2) is 13.1. The molecular formula is C33H30ClN3O6. The van der Waals surface area contributed by atoms with Gasteiger partial charge in [-0.15, -0.1) is 0 Å². The molecule has 0 amide bonds. The zero-order chi connectivity index (χ0) is 30.5. The predicted molar refractivity (Wildman–Crippen MR) is 160 cm³/mol. The van der Waals surface area contributed by atoms with Crippen LogP contribution in [0.3, 0.4) is 0 Å². The quantitative estimate of drug-likeness (QED) is 0.170. The molecule has 43 heavy (non-hydrogen) atoms. The zero-order valence-corrected chi connectivity index (χ0v) is 24.1. The number of aliphatic carboxylic acids is 1. The molecule has 1 aliphatic rings. The first-order chi connectivity index (χ1) is 20.8. The lowest BCUT2D eigenvalue weighted by Gasteiger charge is -2.24. The molecule has 0 radical (unpaired) electrons. The number of aromatic nitrogens is 1. The summed E-state index contributed by atoms with van der Waals surface area (Å²) >= 11 is 6.74. The highest BCUT2D eigenvalue weighted by Gasteiger charge is 2.28. The van der Waals surface area contributed by atoms with Crippen LogP contribution >= 0.6 is 11.6 Å². The molecule has 4 aromatic rings. The summed E-state index contributed by atoms with van der Waals surface area (Å²) in [6.07, 6.45) is 4.34. The van der Waals surface area contributed by atoms with Crippen LogP contribution in [0.2, 0.25) is 5.02 Å². The summed E-state index contributed by atoms with van der Waals surface area (Å²) < 4.78 is 12.7. The maximum atomic E-state index is 11.6. The predicted octanol–water partition coefficient (Wildman–Crippen LogP) is 5.72. The zero-order valence-electron chi connectivity index (χ0n) is 23.3. The highest BCUT2D eigenvalue weighted by molar-refractivity contribution is 6.32. The molecule has 220 valence electrons. The average molecular weight is 600 g/mol. The van der Waals surface area contributed by atoms with Gasteiger partial charge in [0.2, 0.25) is 0 Å². The molecule has 0 aliphatic heterocycles. The van der Waals surface area contributed by atoms with Gasteiger partial charge in [-0.25, -0.2) is 0 Å². The Morgan fingerprint density at radius 1 is 1.16 bits per heavy atom. The van der Waals surface area contributed by atoms with E-state index in [9.17, 15) is 25.4 Å². The lowest BCUT2D eigenvalue weighted by Crippen LogP contribution is -2.41. The van der Waals surface area contributed by atoms with E-state index in [1.807, 2.05) is 24.3 Å². The fourth-order valence-corrected chi connectivity index (χ4v) is 5.51. The minimum Gasteiger partial charge on any atom is -0.508 e. The van der Waals surface area contributed by atoms with Crippen LogP contribution in [0.25, 0.3) is 11.1 Å². The van der Waals surface area contributed by atoms with Crippen LogP contribution in [0.4, 0.5) is 0 Å². The summed E-state index contributed by atoms with van der Waals surface area (Å²) in [6.45, 7) is 1.25. The number of aromatic hydroxyl groups is 1. The maximum absolute atomic E-state index is 11.6. The Kier molecular flexibility index (Phi) is 9.12. The van der Waals surface area contributed by atoms with Crippen molar-refractivity contribution in [2.24, 2.45) is 0 Å². The molecule has 9 nitrogen and oxygen atoms in total. The topological polar surface area (TPSA) is 145 Å². The first-order valence-corrected chi connectivity index (χ1v) is 14.1. The first kappa shape index (κ1) is 29.9. The third kappa shape index (κ3) is 6.73. The van der Waals surface area contributed by atoms with Crippen molar-refractivity contribution in [1.82, 2.24) is 10.3 Å². The van der Waals surface area contributed by atoms with E-state index in [0.717, 1.165) is 29.5 Å². The molecule has 1 aromatic heterocycles. The summed E-state index contributed by atoms with van der Waals surface area (Å²) in [4.78, 5) is 15.6. The Morgan fingerprint density at radius 3 is 2.67 bits per heavy atom. The maximum Gasteiger partial charge on any atom is 0.323 e. The number of phenolic OH excluding ortho intramolecular Hbond substituents is 1. The van der Waals surface area contributed by atoms with Crippen molar-refractivity contribution in [2.45, 2.75) is 44.6 Å². The fraction of sp³-hybridized carbons (Fsp3) is 0.242. The van der Waals surface area contributed by atoms with Gasteiger partial charge in [0.05, 0.1) is 17.2 Å². The number of phenols is 1. The Hall–Kier alpha value is -4.62. The minimum atomic E-state index is -1.19. The average Bonchev–Trinajstić information content (AvgIpc) is 3.43. The van der Waals surface area contributed by atoms with Crippen LogP contribution in [0.1, 0.15) is 53.3 Å². The van der Waals surface area contributed by atoms with E-state index in [0.29, 0.717) is 33.2 Å². The van der Waals surface area contributed by atoms with Crippen molar-refractivity contribution in [2.75, 3.05) is 6.61 Å². The van der Waals surface area contributed by atoms with Gasteiger partial charge in [-0.1, -0.05) is 41.9 Å². The molecule has 1 aliphatic carbocycles. The minimum absolute atomic E-state index is 0.0912. The van der Waals surface area contributed by atoms with Crippen LogP contribution in [0, 0.1) is 11.3 Å². The highest BCUT2D eigenvalue weighted by atomic mass is 35.5. The van der Waals surface area contributed by atoms with Crippen LogP contribution in [0.5, 0.6) is 17.2 Å². The van der Waals surface area contributed by atoms with Gasteiger partial charge in [-0.3, -0.25) is 15.1 Å². The number of nitrogens with one attached hydrogen (secondary N) is 1. The van der Waals surface area contributed by atoms with Crippen molar-refractivity contribution < 1.29 is 29.6 Å². The van der Waals surface area contributed by atoms with E-state index in [1.54, 1.807) is 43.5 Å². The molecular weight excluding hydrogens is 570 g/mol.